The number of hydrogen-bond donors (Lipinski definition) is 1. The minimum atomic E-state index is -3.69. The standard InChI is InChI=1S/C20H23N3O3S/c1-4-15-9-11-16(12-10-15)14(2)21-19(24)13-23(3)20-17-7-5-6-8-18(17)27(25,26)22-20/h5-12,14H,4,13H2,1-3H3,(H,21,24)/t14-/m0/s1. The summed E-state index contributed by atoms with van der Waals surface area (Å²) in [6, 6.07) is 14.6. The van der Waals surface area contributed by atoms with Crippen LogP contribution in [-0.4, -0.2) is 38.7 Å². The molecule has 0 aromatic heterocycles. The number of sulfonamides is 1. The molecule has 7 heteroatoms. The second-order valence-corrected chi connectivity index (χ2v) is 8.20. The molecule has 1 aliphatic rings. The number of nitrogens with one attached hydrogen (secondary N) is 1. The van der Waals surface area contributed by atoms with Crippen molar-refractivity contribution in [3.05, 3.63) is 65.2 Å². The van der Waals surface area contributed by atoms with Crippen molar-refractivity contribution in [2.75, 3.05) is 13.6 Å². The van der Waals surface area contributed by atoms with Gasteiger partial charge in [0, 0.05) is 12.6 Å². The van der Waals surface area contributed by atoms with Crippen molar-refractivity contribution in [1.29, 1.82) is 0 Å². The number of aryl methyl sites for hydroxylation is 1. The molecule has 1 aliphatic heterocycles. The van der Waals surface area contributed by atoms with Gasteiger partial charge < -0.3 is 10.2 Å². The number of carbonyl (C=O) groups is 1. The first-order valence-electron chi connectivity index (χ1n) is 8.85. The third-order valence-electron chi connectivity index (χ3n) is 4.62. The summed E-state index contributed by atoms with van der Waals surface area (Å²) in [5, 5.41) is 2.95. The van der Waals surface area contributed by atoms with Gasteiger partial charge in [-0.05, 0) is 36.6 Å². The highest BCUT2D eigenvalue weighted by molar-refractivity contribution is 7.90. The van der Waals surface area contributed by atoms with Crippen LogP contribution in [0.4, 0.5) is 0 Å². The lowest BCUT2D eigenvalue weighted by molar-refractivity contribution is -0.121. The van der Waals surface area contributed by atoms with Crippen molar-refractivity contribution >= 4 is 21.8 Å². The summed E-state index contributed by atoms with van der Waals surface area (Å²) in [7, 11) is -2.03. The predicted molar refractivity (Wildman–Crippen MR) is 105 cm³/mol. The molecule has 1 amide bonds. The number of amidine groups is 1. The van der Waals surface area contributed by atoms with E-state index in [1.54, 1.807) is 30.1 Å². The monoisotopic (exact) mass is 385 g/mol. The number of nitrogens with zero attached hydrogens (tertiary/aromatic N) is 2. The summed E-state index contributed by atoms with van der Waals surface area (Å²) in [5.41, 5.74) is 2.79. The fraction of sp³-hybridized carbons (Fsp3) is 0.300. The van der Waals surface area contributed by atoms with Crippen molar-refractivity contribution in [3.8, 4) is 0 Å². The van der Waals surface area contributed by atoms with Crippen LogP contribution in [0.15, 0.2) is 57.8 Å². The van der Waals surface area contributed by atoms with E-state index in [9.17, 15) is 13.2 Å². The second-order valence-electron chi connectivity index (χ2n) is 6.63. The molecule has 0 saturated heterocycles. The summed E-state index contributed by atoms with van der Waals surface area (Å²) < 4.78 is 28.1. The molecule has 2 aromatic carbocycles. The van der Waals surface area contributed by atoms with Gasteiger partial charge >= 0.3 is 0 Å². The minimum Gasteiger partial charge on any atom is -0.349 e. The van der Waals surface area contributed by atoms with Crippen LogP contribution in [0.2, 0.25) is 0 Å². The van der Waals surface area contributed by atoms with Gasteiger partial charge in [0.2, 0.25) is 5.91 Å². The summed E-state index contributed by atoms with van der Waals surface area (Å²) in [6.45, 7) is 4.03. The molecule has 142 valence electrons. The number of rotatable bonds is 5. The van der Waals surface area contributed by atoms with Crippen molar-refractivity contribution in [2.45, 2.75) is 31.2 Å². The van der Waals surface area contributed by atoms with Gasteiger partial charge in [-0.25, -0.2) is 0 Å². The SMILES string of the molecule is CCc1ccc([C@H](C)NC(=O)CN(C)C2=NS(=O)(=O)c3ccccc32)cc1. The summed E-state index contributed by atoms with van der Waals surface area (Å²) in [6.07, 6.45) is 0.971. The van der Waals surface area contributed by atoms with Crippen LogP contribution in [0.25, 0.3) is 0 Å². The van der Waals surface area contributed by atoms with E-state index in [0.717, 1.165) is 12.0 Å². The van der Waals surface area contributed by atoms with Crippen LogP contribution in [0.3, 0.4) is 0 Å². The number of benzene rings is 2. The minimum absolute atomic E-state index is 0.0140. The van der Waals surface area contributed by atoms with Gasteiger partial charge in [-0.3, -0.25) is 4.79 Å². The normalized spacial score (nSPS) is 15.6. The van der Waals surface area contributed by atoms with Crippen molar-refractivity contribution in [3.63, 3.8) is 0 Å². The van der Waals surface area contributed by atoms with Crippen LogP contribution in [-0.2, 0) is 21.2 Å². The molecule has 1 atom stereocenters. The van der Waals surface area contributed by atoms with E-state index >= 15 is 0 Å². The Balaban J connectivity index is 1.67. The van der Waals surface area contributed by atoms with Crippen LogP contribution < -0.4 is 5.32 Å². The third kappa shape index (κ3) is 4.03. The number of amides is 1. The summed E-state index contributed by atoms with van der Waals surface area (Å²) in [5.74, 6) is 0.0924. The number of fused-ring (bicyclic) bond motifs is 1. The Morgan fingerprint density at radius 2 is 1.81 bits per heavy atom. The Morgan fingerprint density at radius 3 is 2.48 bits per heavy atom. The maximum Gasteiger partial charge on any atom is 0.285 e. The molecular formula is C20H23N3O3S. The van der Waals surface area contributed by atoms with Crippen LogP contribution in [0, 0.1) is 0 Å². The maximum atomic E-state index is 12.4. The summed E-state index contributed by atoms with van der Waals surface area (Å²) in [4.78, 5) is 14.2. The zero-order chi connectivity index (χ0) is 19.6. The van der Waals surface area contributed by atoms with E-state index in [4.69, 9.17) is 0 Å². The van der Waals surface area contributed by atoms with E-state index in [2.05, 4.69) is 28.8 Å². The Hall–Kier alpha value is -2.67. The van der Waals surface area contributed by atoms with E-state index in [0.29, 0.717) is 11.4 Å². The summed E-state index contributed by atoms with van der Waals surface area (Å²) >= 11 is 0. The van der Waals surface area contributed by atoms with Crippen LogP contribution >= 0.6 is 0 Å². The third-order valence-corrected chi connectivity index (χ3v) is 5.95. The van der Waals surface area contributed by atoms with Gasteiger partial charge in [0.1, 0.15) is 4.90 Å². The molecular weight excluding hydrogens is 362 g/mol. The molecule has 0 fully saturated rings. The topological polar surface area (TPSA) is 78.8 Å². The molecule has 0 saturated carbocycles. The molecule has 6 nitrogen and oxygen atoms in total. The number of likely N-dealkylation sites (N-methyl/N-ethyl adjacent to an activating group) is 1. The Kier molecular flexibility index (Phi) is 5.32. The molecule has 0 unspecified atom stereocenters. The smallest absolute Gasteiger partial charge is 0.285 e. The Bertz CT molecular complexity index is 982. The number of hydrogen-bond acceptors (Lipinski definition) is 4. The number of carbonyl (C=O) groups excluding carboxylic acids is 1. The highest BCUT2D eigenvalue weighted by atomic mass is 32.2. The highest BCUT2D eigenvalue weighted by Gasteiger charge is 2.31. The molecule has 0 radical (unpaired) electrons. The fourth-order valence-corrected chi connectivity index (χ4v) is 4.32. The highest BCUT2D eigenvalue weighted by Crippen LogP contribution is 2.26. The molecule has 0 bridgehead atoms. The zero-order valence-electron chi connectivity index (χ0n) is 15.6. The Labute approximate surface area is 160 Å². The van der Waals surface area contributed by atoms with Crippen molar-refractivity contribution in [1.82, 2.24) is 10.2 Å². The maximum absolute atomic E-state index is 12.4. The quantitative estimate of drug-likeness (QED) is 0.858. The van der Waals surface area contributed by atoms with E-state index in [1.165, 1.54) is 11.6 Å². The average molecular weight is 385 g/mol. The molecule has 0 aliphatic carbocycles. The molecule has 1 heterocycles. The molecule has 0 spiro atoms. The second kappa shape index (κ2) is 7.52. The first-order valence-corrected chi connectivity index (χ1v) is 10.3. The first-order chi connectivity index (χ1) is 12.8. The largest absolute Gasteiger partial charge is 0.349 e. The fourth-order valence-electron chi connectivity index (χ4n) is 3.07. The van der Waals surface area contributed by atoms with E-state index in [1.807, 2.05) is 19.1 Å². The average Bonchev–Trinajstić information content (AvgIpc) is 2.93. The van der Waals surface area contributed by atoms with E-state index in [-0.39, 0.29) is 23.4 Å². The van der Waals surface area contributed by atoms with Gasteiger partial charge in [-0.2, -0.15) is 8.42 Å². The lowest BCUT2D eigenvalue weighted by Crippen LogP contribution is -2.39. The zero-order valence-corrected chi connectivity index (χ0v) is 16.5. The van der Waals surface area contributed by atoms with E-state index < -0.39 is 10.0 Å². The lowest BCUT2D eigenvalue weighted by atomic mass is 10.1. The van der Waals surface area contributed by atoms with Crippen LogP contribution in [0.5, 0.6) is 0 Å². The molecule has 1 N–H and O–H groups in total. The van der Waals surface area contributed by atoms with Gasteiger partial charge in [0.05, 0.1) is 12.6 Å². The Morgan fingerprint density at radius 1 is 1.15 bits per heavy atom. The van der Waals surface area contributed by atoms with Gasteiger partial charge in [0.15, 0.2) is 5.84 Å². The molecule has 2 aromatic rings. The van der Waals surface area contributed by atoms with Crippen molar-refractivity contribution in [2.24, 2.45) is 4.40 Å². The van der Waals surface area contributed by atoms with Gasteiger partial charge in [-0.15, -0.1) is 4.40 Å². The van der Waals surface area contributed by atoms with Gasteiger partial charge in [-0.1, -0.05) is 43.3 Å². The van der Waals surface area contributed by atoms with Crippen molar-refractivity contribution < 1.29 is 13.2 Å². The van der Waals surface area contributed by atoms with Crippen LogP contribution in [0.1, 0.15) is 36.6 Å². The molecule has 3 rings (SSSR count). The lowest BCUT2D eigenvalue weighted by Gasteiger charge is -2.21. The van der Waals surface area contributed by atoms with Gasteiger partial charge in [0.25, 0.3) is 10.0 Å². The molecule has 27 heavy (non-hydrogen) atoms. The first kappa shape index (κ1) is 19.1. The predicted octanol–water partition coefficient (Wildman–Crippen LogP) is 2.51.